The van der Waals surface area contributed by atoms with Crippen LogP contribution in [0.15, 0.2) is 59.8 Å². The second kappa shape index (κ2) is 6.42. The number of hydrogen-bond acceptors (Lipinski definition) is 4. The van der Waals surface area contributed by atoms with Crippen molar-refractivity contribution >= 4 is 40.3 Å². The van der Waals surface area contributed by atoms with E-state index in [4.69, 9.17) is 12.2 Å². The van der Waals surface area contributed by atoms with Crippen LogP contribution < -0.4 is 0 Å². The first kappa shape index (κ1) is 14.9. The van der Waals surface area contributed by atoms with Gasteiger partial charge in [-0.15, -0.1) is 0 Å². The Morgan fingerprint density at radius 3 is 2.68 bits per heavy atom. The molecule has 1 atom stereocenters. The van der Waals surface area contributed by atoms with Crippen LogP contribution in [-0.2, 0) is 4.79 Å². The van der Waals surface area contributed by atoms with Gasteiger partial charge in [0.25, 0.3) is 5.91 Å². The maximum Gasteiger partial charge on any atom is 0.266 e. The van der Waals surface area contributed by atoms with Crippen molar-refractivity contribution in [3.63, 3.8) is 0 Å². The number of thioether (sulfide) groups is 1. The number of pyridine rings is 1. The highest BCUT2D eigenvalue weighted by Gasteiger charge is 2.35. The summed E-state index contributed by atoms with van der Waals surface area (Å²) in [6.07, 6.45) is 5.28. The zero-order valence-corrected chi connectivity index (χ0v) is 13.6. The third-order valence-electron chi connectivity index (χ3n) is 3.47. The standard InChI is InChI=1S/C17H14N2OS2/c1-12(14-7-3-2-4-8-14)19-16(20)15(22-17(19)21)10-13-6-5-9-18-11-13/h2-12H,1H3/b15-10-/t12-/m1/s1. The van der Waals surface area contributed by atoms with Gasteiger partial charge in [0.1, 0.15) is 4.32 Å². The van der Waals surface area contributed by atoms with Crippen LogP contribution in [0.4, 0.5) is 0 Å². The van der Waals surface area contributed by atoms with Gasteiger partial charge < -0.3 is 0 Å². The number of amides is 1. The van der Waals surface area contributed by atoms with Gasteiger partial charge >= 0.3 is 0 Å². The molecule has 3 rings (SSSR count). The zero-order valence-electron chi connectivity index (χ0n) is 12.0. The van der Waals surface area contributed by atoms with Crippen molar-refractivity contribution in [3.05, 3.63) is 70.9 Å². The molecular weight excluding hydrogens is 312 g/mol. The minimum absolute atomic E-state index is 0.0461. The van der Waals surface area contributed by atoms with Crippen LogP contribution in [0.1, 0.15) is 24.1 Å². The van der Waals surface area contributed by atoms with Crippen molar-refractivity contribution in [1.82, 2.24) is 9.88 Å². The molecular formula is C17H14N2OS2. The predicted octanol–water partition coefficient (Wildman–Crippen LogP) is 4.04. The monoisotopic (exact) mass is 326 g/mol. The van der Waals surface area contributed by atoms with Gasteiger partial charge in [-0.05, 0) is 30.2 Å². The first-order chi connectivity index (χ1) is 10.7. The molecule has 0 unspecified atom stereocenters. The van der Waals surface area contributed by atoms with Gasteiger partial charge in [-0.2, -0.15) is 0 Å². The van der Waals surface area contributed by atoms with Crippen molar-refractivity contribution in [2.75, 3.05) is 0 Å². The van der Waals surface area contributed by atoms with Gasteiger partial charge in [-0.1, -0.05) is 60.4 Å². The van der Waals surface area contributed by atoms with Crippen molar-refractivity contribution in [2.45, 2.75) is 13.0 Å². The average molecular weight is 326 g/mol. The van der Waals surface area contributed by atoms with Crippen molar-refractivity contribution in [2.24, 2.45) is 0 Å². The molecule has 2 aromatic rings. The molecule has 1 aromatic carbocycles. The van der Waals surface area contributed by atoms with Crippen LogP contribution in [0, 0.1) is 0 Å². The number of thiocarbonyl (C=S) groups is 1. The molecule has 5 heteroatoms. The lowest BCUT2D eigenvalue weighted by molar-refractivity contribution is -0.123. The van der Waals surface area contributed by atoms with Crippen LogP contribution in [0.2, 0.25) is 0 Å². The van der Waals surface area contributed by atoms with E-state index < -0.39 is 0 Å². The fourth-order valence-corrected chi connectivity index (χ4v) is 3.73. The molecule has 0 aliphatic carbocycles. The summed E-state index contributed by atoms with van der Waals surface area (Å²) in [5, 5.41) is 0. The van der Waals surface area contributed by atoms with Crippen molar-refractivity contribution in [1.29, 1.82) is 0 Å². The first-order valence-corrected chi connectivity index (χ1v) is 8.11. The average Bonchev–Trinajstić information content (AvgIpc) is 2.82. The van der Waals surface area contributed by atoms with Gasteiger partial charge in [-0.3, -0.25) is 14.7 Å². The lowest BCUT2D eigenvalue weighted by Gasteiger charge is -2.23. The Kier molecular flexibility index (Phi) is 4.36. The maximum absolute atomic E-state index is 12.7. The number of carbonyl (C=O) groups is 1. The molecule has 3 nitrogen and oxygen atoms in total. The molecule has 2 heterocycles. The number of hydrogen-bond donors (Lipinski definition) is 0. The Hall–Kier alpha value is -1.98. The summed E-state index contributed by atoms with van der Waals surface area (Å²) in [6, 6.07) is 13.6. The number of benzene rings is 1. The Balaban J connectivity index is 1.88. The minimum Gasteiger partial charge on any atom is -0.286 e. The molecule has 0 N–H and O–H groups in total. The highest BCUT2D eigenvalue weighted by Crippen LogP contribution is 2.37. The fraction of sp³-hybridized carbons (Fsp3) is 0.118. The number of aromatic nitrogens is 1. The highest BCUT2D eigenvalue weighted by molar-refractivity contribution is 8.26. The van der Waals surface area contributed by atoms with E-state index in [1.165, 1.54) is 11.8 Å². The predicted molar refractivity (Wildman–Crippen MR) is 94.1 cm³/mol. The van der Waals surface area contributed by atoms with Gasteiger partial charge in [0.2, 0.25) is 0 Å². The van der Waals surface area contributed by atoms with Crippen molar-refractivity contribution < 1.29 is 4.79 Å². The summed E-state index contributed by atoms with van der Waals surface area (Å²) in [5.74, 6) is -0.0461. The number of rotatable bonds is 3. The number of carbonyl (C=O) groups excluding carboxylic acids is 1. The summed E-state index contributed by atoms with van der Waals surface area (Å²) in [6.45, 7) is 1.99. The van der Waals surface area contributed by atoms with E-state index in [9.17, 15) is 4.79 Å². The summed E-state index contributed by atoms with van der Waals surface area (Å²) in [4.78, 5) is 19.0. The second-order valence-corrected chi connectivity index (χ2v) is 6.60. The van der Waals surface area contributed by atoms with E-state index >= 15 is 0 Å². The molecule has 1 aliphatic rings. The molecule has 0 spiro atoms. The summed E-state index contributed by atoms with van der Waals surface area (Å²) in [7, 11) is 0. The minimum atomic E-state index is -0.0755. The van der Waals surface area contributed by atoms with E-state index in [1.807, 2.05) is 55.5 Å². The van der Waals surface area contributed by atoms with E-state index in [0.29, 0.717) is 9.23 Å². The molecule has 1 fully saturated rings. The normalized spacial score (nSPS) is 18.0. The summed E-state index contributed by atoms with van der Waals surface area (Å²) in [5.41, 5.74) is 1.97. The lowest BCUT2D eigenvalue weighted by atomic mass is 10.1. The molecule has 1 aliphatic heterocycles. The SMILES string of the molecule is C[C@H](c1ccccc1)N1C(=O)/C(=C/c2cccnc2)SC1=S. The molecule has 0 saturated carbocycles. The molecule has 1 amide bonds. The highest BCUT2D eigenvalue weighted by atomic mass is 32.2. The number of nitrogens with zero attached hydrogens (tertiary/aromatic N) is 2. The van der Waals surface area contributed by atoms with E-state index in [1.54, 1.807) is 17.3 Å². The van der Waals surface area contributed by atoms with E-state index in [-0.39, 0.29) is 11.9 Å². The summed E-state index contributed by atoms with van der Waals surface area (Å²) >= 11 is 6.74. The molecule has 0 bridgehead atoms. The summed E-state index contributed by atoms with van der Waals surface area (Å²) < 4.78 is 0.594. The van der Waals surface area contributed by atoms with E-state index in [2.05, 4.69) is 4.98 Å². The Morgan fingerprint density at radius 2 is 2.00 bits per heavy atom. The lowest BCUT2D eigenvalue weighted by Crippen LogP contribution is -2.30. The Bertz CT molecular complexity index is 729. The van der Waals surface area contributed by atoms with Crippen LogP contribution in [0.3, 0.4) is 0 Å². The first-order valence-electron chi connectivity index (χ1n) is 6.89. The van der Waals surface area contributed by atoms with Gasteiger partial charge in [-0.25, -0.2) is 0 Å². The molecule has 1 saturated heterocycles. The fourth-order valence-electron chi connectivity index (χ4n) is 2.31. The Morgan fingerprint density at radius 1 is 1.23 bits per heavy atom. The molecule has 110 valence electrons. The van der Waals surface area contributed by atoms with Crippen LogP contribution >= 0.6 is 24.0 Å². The molecule has 1 aromatic heterocycles. The molecule has 22 heavy (non-hydrogen) atoms. The van der Waals surface area contributed by atoms with Crippen LogP contribution in [-0.4, -0.2) is 20.1 Å². The topological polar surface area (TPSA) is 33.2 Å². The Labute approximate surface area is 139 Å². The van der Waals surface area contributed by atoms with Gasteiger partial charge in [0.05, 0.1) is 10.9 Å². The third-order valence-corrected chi connectivity index (χ3v) is 4.81. The van der Waals surface area contributed by atoms with Gasteiger partial charge in [0, 0.05) is 12.4 Å². The second-order valence-electron chi connectivity index (χ2n) is 4.92. The van der Waals surface area contributed by atoms with Crippen molar-refractivity contribution in [3.8, 4) is 0 Å². The van der Waals surface area contributed by atoms with E-state index in [0.717, 1.165) is 11.1 Å². The maximum atomic E-state index is 12.7. The quantitative estimate of drug-likeness (QED) is 0.629. The third kappa shape index (κ3) is 2.96. The zero-order chi connectivity index (χ0) is 15.5. The smallest absolute Gasteiger partial charge is 0.266 e. The molecule has 0 radical (unpaired) electrons. The van der Waals surface area contributed by atoms with Crippen LogP contribution in [0.25, 0.3) is 6.08 Å². The van der Waals surface area contributed by atoms with Crippen LogP contribution in [0.5, 0.6) is 0 Å². The van der Waals surface area contributed by atoms with Gasteiger partial charge in [0.15, 0.2) is 0 Å². The largest absolute Gasteiger partial charge is 0.286 e.